The second-order valence-electron chi connectivity index (χ2n) is 4.55. The van der Waals surface area contributed by atoms with Crippen LogP contribution in [0.15, 0.2) is 42.5 Å². The zero-order valence-corrected chi connectivity index (χ0v) is 11.2. The van der Waals surface area contributed by atoms with E-state index in [2.05, 4.69) is 0 Å². The SMILES string of the molecule is O=[N+]([O-])c1ccc2cc3c(Cl)cc([N+](=O)[O-])cc3cc2c1. The summed E-state index contributed by atoms with van der Waals surface area (Å²) in [4.78, 5) is 20.7. The van der Waals surface area contributed by atoms with Gasteiger partial charge in [-0.05, 0) is 34.4 Å². The molecule has 0 saturated heterocycles. The number of non-ortho nitro benzene ring substituents is 2. The molecule has 0 aliphatic carbocycles. The molecule has 0 bridgehead atoms. The van der Waals surface area contributed by atoms with Crippen molar-refractivity contribution in [3.63, 3.8) is 0 Å². The number of fused-ring (bicyclic) bond motifs is 2. The fraction of sp³-hybridized carbons (Fsp3) is 0. The molecule has 0 aromatic heterocycles. The van der Waals surface area contributed by atoms with Crippen LogP contribution in [0.2, 0.25) is 5.02 Å². The lowest BCUT2D eigenvalue weighted by Gasteiger charge is -2.04. The summed E-state index contributed by atoms with van der Waals surface area (Å²) in [6.45, 7) is 0. The highest BCUT2D eigenvalue weighted by molar-refractivity contribution is 6.36. The Labute approximate surface area is 122 Å². The van der Waals surface area contributed by atoms with Crippen LogP contribution in [0.25, 0.3) is 21.5 Å². The molecular formula is C14H7ClN2O4. The van der Waals surface area contributed by atoms with Crippen molar-refractivity contribution in [2.75, 3.05) is 0 Å². The number of nitro groups is 2. The first kappa shape index (κ1) is 13.3. The highest BCUT2D eigenvalue weighted by atomic mass is 35.5. The van der Waals surface area contributed by atoms with Crippen LogP contribution in [0.4, 0.5) is 11.4 Å². The number of hydrogen-bond acceptors (Lipinski definition) is 4. The maximum absolute atomic E-state index is 10.9. The van der Waals surface area contributed by atoms with Gasteiger partial charge in [0, 0.05) is 29.7 Å². The van der Waals surface area contributed by atoms with Gasteiger partial charge < -0.3 is 0 Å². The van der Waals surface area contributed by atoms with E-state index in [1.807, 2.05) is 0 Å². The van der Waals surface area contributed by atoms with E-state index in [0.717, 1.165) is 5.39 Å². The zero-order valence-electron chi connectivity index (χ0n) is 10.4. The summed E-state index contributed by atoms with van der Waals surface area (Å²) < 4.78 is 0. The van der Waals surface area contributed by atoms with Crippen molar-refractivity contribution in [1.29, 1.82) is 0 Å². The fourth-order valence-electron chi connectivity index (χ4n) is 2.26. The first-order valence-electron chi connectivity index (χ1n) is 5.91. The molecule has 7 heteroatoms. The predicted octanol–water partition coefficient (Wildman–Crippen LogP) is 4.46. The summed E-state index contributed by atoms with van der Waals surface area (Å²) in [7, 11) is 0. The molecule has 0 atom stereocenters. The van der Waals surface area contributed by atoms with Crippen molar-refractivity contribution in [2.45, 2.75) is 0 Å². The number of nitrogens with zero attached hydrogens (tertiary/aromatic N) is 2. The lowest BCUT2D eigenvalue weighted by Crippen LogP contribution is -1.89. The summed E-state index contributed by atoms with van der Waals surface area (Å²) >= 11 is 6.08. The largest absolute Gasteiger partial charge is 0.271 e. The second-order valence-corrected chi connectivity index (χ2v) is 4.95. The lowest BCUT2D eigenvalue weighted by atomic mass is 10.0. The predicted molar refractivity (Wildman–Crippen MR) is 79.8 cm³/mol. The molecule has 0 heterocycles. The van der Waals surface area contributed by atoms with Gasteiger partial charge in [0.05, 0.1) is 14.9 Å². The van der Waals surface area contributed by atoms with Crippen LogP contribution in [-0.4, -0.2) is 9.85 Å². The average molecular weight is 303 g/mol. The van der Waals surface area contributed by atoms with E-state index in [-0.39, 0.29) is 16.4 Å². The molecule has 6 nitrogen and oxygen atoms in total. The van der Waals surface area contributed by atoms with Crippen molar-refractivity contribution < 1.29 is 9.85 Å². The van der Waals surface area contributed by atoms with E-state index in [9.17, 15) is 20.2 Å². The van der Waals surface area contributed by atoms with Crippen molar-refractivity contribution >= 4 is 44.5 Å². The van der Waals surface area contributed by atoms with Crippen molar-refractivity contribution in [2.24, 2.45) is 0 Å². The molecule has 0 radical (unpaired) electrons. The van der Waals surface area contributed by atoms with E-state index < -0.39 is 9.85 Å². The van der Waals surface area contributed by atoms with Crippen LogP contribution in [-0.2, 0) is 0 Å². The quantitative estimate of drug-likeness (QED) is 0.397. The number of rotatable bonds is 2. The Morgan fingerprint density at radius 2 is 1.43 bits per heavy atom. The summed E-state index contributed by atoms with van der Waals surface area (Å²) in [5, 5.41) is 24.6. The average Bonchev–Trinajstić information content (AvgIpc) is 2.44. The molecule has 0 unspecified atom stereocenters. The highest BCUT2D eigenvalue weighted by Crippen LogP contribution is 2.33. The van der Waals surface area contributed by atoms with E-state index in [4.69, 9.17) is 11.6 Å². The number of nitro benzene ring substituents is 2. The first-order chi connectivity index (χ1) is 9.95. The fourth-order valence-corrected chi connectivity index (χ4v) is 2.53. The zero-order chi connectivity index (χ0) is 15.1. The smallest absolute Gasteiger partial charge is 0.258 e. The Morgan fingerprint density at radius 3 is 2.10 bits per heavy atom. The molecule has 0 N–H and O–H groups in total. The molecule has 0 amide bonds. The van der Waals surface area contributed by atoms with Crippen LogP contribution >= 0.6 is 11.6 Å². The van der Waals surface area contributed by atoms with Gasteiger partial charge in [-0.25, -0.2) is 0 Å². The Bertz CT molecular complexity index is 924. The number of halogens is 1. The van der Waals surface area contributed by atoms with Crippen LogP contribution in [0.1, 0.15) is 0 Å². The molecule has 3 aromatic rings. The van der Waals surface area contributed by atoms with Gasteiger partial charge in [-0.2, -0.15) is 0 Å². The second kappa shape index (κ2) is 4.68. The molecule has 0 aliphatic heterocycles. The standard InChI is InChI=1S/C14H7ClN2O4/c15-14-7-12(17(20)21)5-10-3-9-4-11(16(18)19)2-1-8(9)6-13(10)14/h1-7H. The minimum Gasteiger partial charge on any atom is -0.258 e. The van der Waals surface area contributed by atoms with Crippen molar-refractivity contribution in [3.8, 4) is 0 Å². The highest BCUT2D eigenvalue weighted by Gasteiger charge is 2.12. The summed E-state index contributed by atoms with van der Waals surface area (Å²) in [5.74, 6) is 0. The van der Waals surface area contributed by atoms with E-state index in [0.29, 0.717) is 16.2 Å². The summed E-state index contributed by atoms with van der Waals surface area (Å²) in [6.07, 6.45) is 0. The molecular weight excluding hydrogens is 296 g/mol. The van der Waals surface area contributed by atoms with Gasteiger partial charge in [-0.15, -0.1) is 0 Å². The van der Waals surface area contributed by atoms with Crippen molar-refractivity contribution in [1.82, 2.24) is 0 Å². The van der Waals surface area contributed by atoms with Gasteiger partial charge in [0.15, 0.2) is 0 Å². The summed E-state index contributed by atoms with van der Waals surface area (Å²) in [6, 6.07) is 10.6. The van der Waals surface area contributed by atoms with Crippen LogP contribution in [0.5, 0.6) is 0 Å². The Hall–Kier alpha value is -2.73. The Balaban J connectivity index is 2.35. The number of benzene rings is 3. The monoisotopic (exact) mass is 302 g/mol. The third-order valence-corrected chi connectivity index (χ3v) is 3.56. The minimum atomic E-state index is -0.525. The van der Waals surface area contributed by atoms with Crippen molar-refractivity contribution in [3.05, 3.63) is 67.7 Å². The van der Waals surface area contributed by atoms with E-state index >= 15 is 0 Å². The Morgan fingerprint density at radius 1 is 0.762 bits per heavy atom. The molecule has 3 aromatic carbocycles. The third-order valence-electron chi connectivity index (χ3n) is 3.25. The molecule has 21 heavy (non-hydrogen) atoms. The van der Waals surface area contributed by atoms with Crippen LogP contribution in [0.3, 0.4) is 0 Å². The third kappa shape index (κ3) is 2.25. The molecule has 3 rings (SSSR count). The molecule has 0 aliphatic rings. The minimum absolute atomic E-state index is 0.0293. The van der Waals surface area contributed by atoms with Crippen LogP contribution in [0, 0.1) is 20.2 Å². The lowest BCUT2D eigenvalue weighted by molar-refractivity contribution is -0.384. The van der Waals surface area contributed by atoms with Gasteiger partial charge in [0.1, 0.15) is 0 Å². The topological polar surface area (TPSA) is 86.3 Å². The molecule has 0 saturated carbocycles. The molecule has 0 fully saturated rings. The maximum atomic E-state index is 10.9. The maximum Gasteiger partial charge on any atom is 0.271 e. The number of hydrogen-bond donors (Lipinski definition) is 0. The summed E-state index contributed by atoms with van der Waals surface area (Å²) in [5.41, 5.74) is -0.143. The van der Waals surface area contributed by atoms with Gasteiger partial charge in [0.2, 0.25) is 0 Å². The normalized spacial score (nSPS) is 10.9. The van der Waals surface area contributed by atoms with Gasteiger partial charge in [0.25, 0.3) is 11.4 Å². The molecule has 0 spiro atoms. The van der Waals surface area contributed by atoms with E-state index in [1.54, 1.807) is 18.2 Å². The van der Waals surface area contributed by atoms with Gasteiger partial charge >= 0.3 is 0 Å². The van der Waals surface area contributed by atoms with Gasteiger partial charge in [-0.1, -0.05) is 11.6 Å². The van der Waals surface area contributed by atoms with Crippen LogP contribution < -0.4 is 0 Å². The van der Waals surface area contributed by atoms with Gasteiger partial charge in [-0.3, -0.25) is 20.2 Å². The Kier molecular flexibility index (Phi) is 2.95. The first-order valence-corrected chi connectivity index (χ1v) is 6.29. The molecule has 104 valence electrons. The van der Waals surface area contributed by atoms with E-state index in [1.165, 1.54) is 24.3 Å².